The molecule has 2 aromatic carbocycles. The second-order valence-corrected chi connectivity index (χ2v) is 7.45. The lowest BCUT2D eigenvalue weighted by atomic mass is 10.2. The Morgan fingerprint density at radius 1 is 1.10 bits per heavy atom. The Bertz CT molecular complexity index is 1210. The number of aromatic amines is 1. The summed E-state index contributed by atoms with van der Waals surface area (Å²) in [6.07, 6.45) is 0.835. The molecular formula is C20H17N5O3S. The minimum absolute atomic E-state index is 0.162. The number of nitrogens with one attached hydrogen (secondary N) is 2. The number of thioether (sulfide) groups is 1. The van der Waals surface area contributed by atoms with Crippen molar-refractivity contribution in [2.45, 2.75) is 11.6 Å². The van der Waals surface area contributed by atoms with Crippen LogP contribution in [-0.4, -0.2) is 45.0 Å². The molecule has 0 spiro atoms. The summed E-state index contributed by atoms with van der Waals surface area (Å²) in [5.74, 6) is 1.34. The molecule has 2 aromatic heterocycles. The van der Waals surface area contributed by atoms with Crippen molar-refractivity contribution in [3.05, 3.63) is 42.5 Å². The Morgan fingerprint density at radius 3 is 2.90 bits per heavy atom. The van der Waals surface area contributed by atoms with Crippen LogP contribution >= 0.6 is 11.8 Å². The number of rotatable bonds is 4. The van der Waals surface area contributed by atoms with E-state index in [1.807, 2.05) is 24.3 Å². The van der Waals surface area contributed by atoms with Crippen LogP contribution in [0, 0.1) is 0 Å². The molecule has 0 bridgehead atoms. The van der Waals surface area contributed by atoms with Gasteiger partial charge in [-0.15, -0.1) is 10.2 Å². The van der Waals surface area contributed by atoms with E-state index in [9.17, 15) is 4.79 Å². The number of ether oxygens (including phenoxy) is 2. The van der Waals surface area contributed by atoms with E-state index in [0.717, 1.165) is 22.8 Å². The highest BCUT2D eigenvalue weighted by Gasteiger charge is 2.13. The molecule has 1 amide bonds. The van der Waals surface area contributed by atoms with Gasteiger partial charge in [0.05, 0.1) is 19.0 Å². The normalized spacial score (nSPS) is 13.4. The van der Waals surface area contributed by atoms with Crippen molar-refractivity contribution in [2.75, 3.05) is 24.3 Å². The van der Waals surface area contributed by atoms with Crippen LogP contribution in [0.15, 0.2) is 47.6 Å². The molecule has 29 heavy (non-hydrogen) atoms. The Kier molecular flexibility index (Phi) is 4.65. The second-order valence-electron chi connectivity index (χ2n) is 6.51. The Hall–Kier alpha value is -3.33. The predicted molar refractivity (Wildman–Crippen MR) is 111 cm³/mol. The number of carbonyl (C=O) groups excluding carboxylic acids is 1. The first-order chi connectivity index (χ1) is 14.3. The van der Waals surface area contributed by atoms with Crippen LogP contribution in [0.4, 0.5) is 5.69 Å². The summed E-state index contributed by atoms with van der Waals surface area (Å²) in [6.45, 7) is 1.23. The largest absolute Gasteiger partial charge is 0.490 e. The van der Waals surface area contributed by atoms with Crippen molar-refractivity contribution >= 4 is 45.4 Å². The van der Waals surface area contributed by atoms with Crippen molar-refractivity contribution in [1.29, 1.82) is 0 Å². The molecule has 9 heteroatoms. The van der Waals surface area contributed by atoms with Gasteiger partial charge in [0.2, 0.25) is 11.1 Å². The van der Waals surface area contributed by atoms with Crippen molar-refractivity contribution < 1.29 is 14.3 Å². The van der Waals surface area contributed by atoms with Crippen molar-refractivity contribution in [3.63, 3.8) is 0 Å². The van der Waals surface area contributed by atoms with Crippen LogP contribution < -0.4 is 14.8 Å². The number of benzene rings is 2. The van der Waals surface area contributed by atoms with Gasteiger partial charge >= 0.3 is 0 Å². The first-order valence-corrected chi connectivity index (χ1v) is 10.2. The van der Waals surface area contributed by atoms with Crippen LogP contribution in [0.1, 0.15) is 6.42 Å². The number of para-hydroxylation sites is 1. The molecule has 8 nitrogen and oxygen atoms in total. The molecular weight excluding hydrogens is 390 g/mol. The minimum Gasteiger partial charge on any atom is -0.490 e. The summed E-state index contributed by atoms with van der Waals surface area (Å²) in [4.78, 5) is 20.0. The lowest BCUT2D eigenvalue weighted by Gasteiger charge is -2.10. The molecule has 1 aliphatic rings. The topological polar surface area (TPSA) is 102 Å². The molecule has 5 rings (SSSR count). The van der Waals surface area contributed by atoms with Crippen LogP contribution in [0.3, 0.4) is 0 Å². The number of fused-ring (bicyclic) bond motifs is 4. The fraction of sp³-hybridized carbons (Fsp3) is 0.200. The van der Waals surface area contributed by atoms with Crippen molar-refractivity contribution in [1.82, 2.24) is 20.2 Å². The first-order valence-electron chi connectivity index (χ1n) is 9.20. The van der Waals surface area contributed by atoms with E-state index in [-0.39, 0.29) is 11.7 Å². The highest BCUT2D eigenvalue weighted by Crippen LogP contribution is 2.32. The third kappa shape index (κ3) is 3.68. The van der Waals surface area contributed by atoms with Crippen LogP contribution in [0.25, 0.3) is 22.1 Å². The Labute approximate surface area is 170 Å². The summed E-state index contributed by atoms with van der Waals surface area (Å²) in [6, 6.07) is 13.2. The van der Waals surface area contributed by atoms with Crippen LogP contribution in [0.5, 0.6) is 11.5 Å². The van der Waals surface area contributed by atoms with Gasteiger partial charge in [-0.2, -0.15) is 0 Å². The number of hydrogen-bond acceptors (Lipinski definition) is 7. The van der Waals surface area contributed by atoms with Crippen molar-refractivity contribution in [2.24, 2.45) is 0 Å². The molecule has 0 aliphatic carbocycles. The first kappa shape index (κ1) is 17.7. The highest BCUT2D eigenvalue weighted by atomic mass is 32.2. The van der Waals surface area contributed by atoms with E-state index < -0.39 is 0 Å². The highest BCUT2D eigenvalue weighted by molar-refractivity contribution is 7.99. The summed E-state index contributed by atoms with van der Waals surface area (Å²) < 4.78 is 11.3. The summed E-state index contributed by atoms with van der Waals surface area (Å²) in [5, 5.41) is 12.7. The van der Waals surface area contributed by atoms with Crippen LogP contribution in [0.2, 0.25) is 0 Å². The van der Waals surface area contributed by atoms with Gasteiger partial charge in [0.1, 0.15) is 5.52 Å². The fourth-order valence-electron chi connectivity index (χ4n) is 3.14. The molecule has 146 valence electrons. The molecule has 3 heterocycles. The van der Waals surface area contributed by atoms with Gasteiger partial charge < -0.3 is 19.8 Å². The Balaban J connectivity index is 1.26. The maximum atomic E-state index is 12.3. The third-order valence-electron chi connectivity index (χ3n) is 4.47. The summed E-state index contributed by atoms with van der Waals surface area (Å²) in [5.41, 5.74) is 3.00. The number of amides is 1. The number of aromatic nitrogens is 4. The molecule has 1 aliphatic heterocycles. The maximum Gasteiger partial charge on any atom is 0.234 e. The van der Waals surface area contributed by atoms with E-state index in [0.29, 0.717) is 41.2 Å². The zero-order chi connectivity index (χ0) is 19.6. The molecule has 4 aromatic rings. The number of nitrogens with zero attached hydrogens (tertiary/aromatic N) is 3. The van der Waals surface area contributed by atoms with Gasteiger partial charge in [0.15, 0.2) is 17.1 Å². The van der Waals surface area contributed by atoms with E-state index in [1.165, 1.54) is 11.8 Å². The molecule has 2 N–H and O–H groups in total. The smallest absolute Gasteiger partial charge is 0.234 e. The van der Waals surface area contributed by atoms with Gasteiger partial charge in [0.25, 0.3) is 0 Å². The summed E-state index contributed by atoms with van der Waals surface area (Å²) in [7, 11) is 0. The summed E-state index contributed by atoms with van der Waals surface area (Å²) >= 11 is 1.23. The lowest BCUT2D eigenvalue weighted by molar-refractivity contribution is -0.113. The number of H-pyrrole nitrogens is 1. The maximum absolute atomic E-state index is 12.3. The second kappa shape index (κ2) is 7.59. The molecule has 0 saturated heterocycles. The van der Waals surface area contributed by atoms with E-state index >= 15 is 0 Å². The molecule has 0 radical (unpaired) electrons. The van der Waals surface area contributed by atoms with Gasteiger partial charge in [0, 0.05) is 29.1 Å². The van der Waals surface area contributed by atoms with Gasteiger partial charge in [-0.05, 0) is 18.2 Å². The predicted octanol–water partition coefficient (Wildman–Crippen LogP) is 3.40. The number of anilines is 1. The van der Waals surface area contributed by atoms with E-state index in [2.05, 4.69) is 25.5 Å². The van der Waals surface area contributed by atoms with Gasteiger partial charge in [-0.3, -0.25) is 4.79 Å². The fourth-order valence-corrected chi connectivity index (χ4v) is 3.72. The van der Waals surface area contributed by atoms with Gasteiger partial charge in [-0.1, -0.05) is 30.0 Å². The van der Waals surface area contributed by atoms with Crippen LogP contribution in [-0.2, 0) is 4.79 Å². The zero-order valence-electron chi connectivity index (χ0n) is 15.3. The SMILES string of the molecule is O=C(CSc1nnc2c(n1)[nH]c1ccccc12)Nc1ccc2c(c1)OCCCO2. The third-order valence-corrected chi connectivity index (χ3v) is 5.30. The molecule has 0 unspecified atom stereocenters. The Morgan fingerprint density at radius 2 is 1.97 bits per heavy atom. The molecule has 0 atom stereocenters. The lowest BCUT2D eigenvalue weighted by Crippen LogP contribution is -2.14. The average Bonchev–Trinajstić information content (AvgIpc) is 2.94. The van der Waals surface area contributed by atoms with Crippen molar-refractivity contribution in [3.8, 4) is 11.5 Å². The van der Waals surface area contributed by atoms with Gasteiger partial charge in [-0.25, -0.2) is 4.98 Å². The molecule has 0 fully saturated rings. The molecule has 0 saturated carbocycles. The number of carbonyl (C=O) groups is 1. The van der Waals surface area contributed by atoms with E-state index in [1.54, 1.807) is 18.2 Å². The minimum atomic E-state index is -0.162. The standard InChI is InChI=1S/C20H17N5O3S/c26-17(21-12-6-7-15-16(10-12)28-9-3-8-27-15)11-29-20-23-19-18(24-25-20)13-4-1-2-5-14(13)22-19/h1-2,4-7,10H,3,8-9,11H2,(H,21,26)(H,22,23,25). The quantitative estimate of drug-likeness (QED) is 0.500. The average molecular weight is 407 g/mol. The monoisotopic (exact) mass is 407 g/mol. The van der Waals surface area contributed by atoms with E-state index in [4.69, 9.17) is 9.47 Å². The number of hydrogen-bond donors (Lipinski definition) is 2. The zero-order valence-corrected chi connectivity index (χ0v) is 16.2.